The highest BCUT2D eigenvalue weighted by Gasteiger charge is 2.46. The molecular weight excluding hydrogens is 350 g/mol. The van der Waals surface area contributed by atoms with Crippen molar-refractivity contribution in [2.45, 2.75) is 56.4 Å². The summed E-state index contributed by atoms with van der Waals surface area (Å²) in [7, 11) is -1.36. The van der Waals surface area contributed by atoms with Crippen LogP contribution in [-0.2, 0) is 11.2 Å². The average molecular weight is 378 g/mol. The number of halogens is 1. The topological polar surface area (TPSA) is 107 Å². The smallest absolute Gasteiger partial charge is 0.451 e. The van der Waals surface area contributed by atoms with Gasteiger partial charge in [0.1, 0.15) is 11.4 Å². The van der Waals surface area contributed by atoms with E-state index in [1.54, 1.807) is 6.07 Å². The number of carboxylic acids is 1. The van der Waals surface area contributed by atoms with Gasteiger partial charge in [0.05, 0.1) is 0 Å². The summed E-state index contributed by atoms with van der Waals surface area (Å²) in [6, 6.07) is 5.14. The first-order valence-electron chi connectivity index (χ1n) is 9.72. The number of unbranched alkanes of at least 4 members (excludes halogenated alkanes) is 1. The Morgan fingerprint density at radius 2 is 2.11 bits per heavy atom. The van der Waals surface area contributed by atoms with Gasteiger partial charge in [0.2, 0.25) is 0 Å². The second-order valence-corrected chi connectivity index (χ2v) is 7.95. The lowest BCUT2D eigenvalue weighted by atomic mass is 9.77. The molecule has 3 atom stereocenters. The minimum absolute atomic E-state index is 0.154. The predicted octanol–water partition coefficient (Wildman–Crippen LogP) is 1.56. The maximum Gasteiger partial charge on any atom is 0.451 e. The van der Waals surface area contributed by atoms with Gasteiger partial charge in [-0.15, -0.1) is 0 Å². The number of likely N-dealkylation sites (tertiary alicyclic amines) is 1. The minimum atomic E-state index is -1.36. The number of rotatable bonds is 8. The van der Waals surface area contributed by atoms with Crippen LogP contribution in [0.2, 0.25) is 6.32 Å². The summed E-state index contributed by atoms with van der Waals surface area (Å²) in [6.07, 6.45) is 4.10. The van der Waals surface area contributed by atoms with Crippen LogP contribution < -0.4 is 5.73 Å². The van der Waals surface area contributed by atoms with E-state index in [4.69, 9.17) is 15.8 Å². The van der Waals surface area contributed by atoms with Crippen LogP contribution >= 0.6 is 0 Å². The largest absolute Gasteiger partial charge is 0.480 e. The van der Waals surface area contributed by atoms with Gasteiger partial charge in [0, 0.05) is 18.5 Å². The summed E-state index contributed by atoms with van der Waals surface area (Å²) in [5, 5.41) is 27.6. The van der Waals surface area contributed by atoms with Gasteiger partial charge in [-0.1, -0.05) is 18.9 Å². The molecule has 1 aromatic rings. The highest BCUT2D eigenvalue weighted by atomic mass is 19.1. The number of fused-ring (bicyclic) bond motifs is 1. The first-order valence-corrected chi connectivity index (χ1v) is 9.72. The molecular formula is C19H28BFN2O4. The Morgan fingerprint density at radius 3 is 2.81 bits per heavy atom. The Hall–Kier alpha value is -1.48. The second-order valence-electron chi connectivity index (χ2n) is 7.95. The average Bonchev–Trinajstić information content (AvgIpc) is 3.24. The zero-order valence-corrected chi connectivity index (χ0v) is 15.5. The fraction of sp³-hybridized carbons (Fsp3) is 0.632. The number of hydrogen-bond acceptors (Lipinski definition) is 5. The minimum Gasteiger partial charge on any atom is -0.480 e. The molecule has 0 saturated carbocycles. The van der Waals surface area contributed by atoms with Crippen LogP contribution in [0.3, 0.4) is 0 Å². The number of nitrogens with zero attached hydrogens (tertiary/aromatic N) is 1. The van der Waals surface area contributed by atoms with Crippen LogP contribution in [0.4, 0.5) is 4.39 Å². The van der Waals surface area contributed by atoms with Gasteiger partial charge in [-0.05, 0) is 61.8 Å². The van der Waals surface area contributed by atoms with Gasteiger partial charge in [0.15, 0.2) is 0 Å². The van der Waals surface area contributed by atoms with E-state index in [9.17, 15) is 14.3 Å². The first-order chi connectivity index (χ1) is 12.8. The Kier molecular flexibility index (Phi) is 6.20. The van der Waals surface area contributed by atoms with E-state index in [-0.39, 0.29) is 24.1 Å². The molecule has 5 N–H and O–H groups in total. The third kappa shape index (κ3) is 4.34. The summed E-state index contributed by atoms with van der Waals surface area (Å²) in [5.41, 5.74) is 7.22. The standard InChI is InChI=1S/C19H28BFN2O4/c21-15-4-5-16-13(11-15)3-6-17(16)23-10-7-14(12-23)19(22,18(24)25)8-1-2-9-20(26)27/h4-5,11,14,17,26-27H,1-3,6-10,12,22H2,(H,24,25). The molecule has 1 aliphatic heterocycles. The van der Waals surface area contributed by atoms with E-state index >= 15 is 0 Å². The highest BCUT2D eigenvalue weighted by Crippen LogP contribution is 2.41. The number of hydrogen-bond donors (Lipinski definition) is 4. The van der Waals surface area contributed by atoms with Gasteiger partial charge in [-0.2, -0.15) is 0 Å². The van der Waals surface area contributed by atoms with Crippen molar-refractivity contribution in [1.82, 2.24) is 4.90 Å². The molecule has 3 unspecified atom stereocenters. The molecule has 6 nitrogen and oxygen atoms in total. The predicted molar refractivity (Wildman–Crippen MR) is 101 cm³/mol. The van der Waals surface area contributed by atoms with Crippen LogP contribution in [0, 0.1) is 11.7 Å². The summed E-state index contributed by atoms with van der Waals surface area (Å²) in [4.78, 5) is 14.2. The fourth-order valence-electron chi connectivity index (χ4n) is 4.66. The highest BCUT2D eigenvalue weighted by molar-refractivity contribution is 6.40. The Bertz CT molecular complexity index is 690. The lowest BCUT2D eigenvalue weighted by Gasteiger charge is -2.32. The van der Waals surface area contributed by atoms with Crippen molar-refractivity contribution in [3.63, 3.8) is 0 Å². The van der Waals surface area contributed by atoms with Crippen LogP contribution in [-0.4, -0.2) is 51.8 Å². The molecule has 1 saturated heterocycles. The molecule has 0 spiro atoms. The Labute approximate surface area is 159 Å². The molecule has 8 heteroatoms. The molecule has 0 bridgehead atoms. The van der Waals surface area contributed by atoms with Gasteiger partial charge >= 0.3 is 13.1 Å². The molecule has 1 heterocycles. The number of benzene rings is 1. The number of carbonyl (C=O) groups is 1. The Morgan fingerprint density at radius 1 is 1.33 bits per heavy atom. The third-order valence-electron chi connectivity index (χ3n) is 6.24. The number of nitrogens with two attached hydrogens (primary N) is 1. The number of carboxylic acid groups (broad SMARTS) is 1. The summed E-state index contributed by atoms with van der Waals surface area (Å²) in [6.45, 7) is 1.40. The fourth-order valence-corrected chi connectivity index (χ4v) is 4.66. The normalized spacial score (nSPS) is 24.6. The zero-order chi connectivity index (χ0) is 19.6. The molecule has 148 valence electrons. The van der Waals surface area contributed by atoms with Gasteiger partial charge in [-0.3, -0.25) is 9.69 Å². The van der Waals surface area contributed by atoms with Crippen molar-refractivity contribution in [1.29, 1.82) is 0 Å². The maximum atomic E-state index is 13.4. The molecule has 0 radical (unpaired) electrons. The summed E-state index contributed by atoms with van der Waals surface area (Å²) >= 11 is 0. The van der Waals surface area contributed by atoms with Crippen molar-refractivity contribution in [3.05, 3.63) is 35.1 Å². The van der Waals surface area contributed by atoms with E-state index in [2.05, 4.69) is 4.90 Å². The Balaban J connectivity index is 1.64. The van der Waals surface area contributed by atoms with E-state index in [0.29, 0.717) is 25.8 Å². The van der Waals surface area contributed by atoms with Crippen molar-refractivity contribution >= 4 is 13.1 Å². The molecule has 1 aromatic carbocycles. The summed E-state index contributed by atoms with van der Waals surface area (Å²) in [5.74, 6) is -1.36. The van der Waals surface area contributed by atoms with Crippen molar-refractivity contribution in [2.24, 2.45) is 11.7 Å². The van der Waals surface area contributed by atoms with E-state index in [1.165, 1.54) is 6.07 Å². The molecule has 27 heavy (non-hydrogen) atoms. The van der Waals surface area contributed by atoms with E-state index in [1.807, 2.05) is 6.07 Å². The monoisotopic (exact) mass is 378 g/mol. The first kappa shape index (κ1) is 20.3. The quantitative estimate of drug-likeness (QED) is 0.404. The van der Waals surface area contributed by atoms with Crippen molar-refractivity contribution in [3.8, 4) is 0 Å². The lowest BCUT2D eigenvalue weighted by Crippen LogP contribution is -2.55. The SMILES string of the molecule is NC(CCCCB(O)O)(C(=O)O)C1CCN(C2CCc3cc(F)ccc32)C1. The van der Waals surface area contributed by atoms with E-state index < -0.39 is 18.6 Å². The maximum absolute atomic E-state index is 13.4. The van der Waals surface area contributed by atoms with Crippen molar-refractivity contribution in [2.75, 3.05) is 13.1 Å². The molecule has 1 aliphatic carbocycles. The van der Waals surface area contributed by atoms with Crippen LogP contribution in [0.15, 0.2) is 18.2 Å². The second kappa shape index (κ2) is 8.26. The number of aliphatic carboxylic acids is 1. The van der Waals surface area contributed by atoms with E-state index in [0.717, 1.165) is 36.9 Å². The molecule has 1 fully saturated rings. The lowest BCUT2D eigenvalue weighted by molar-refractivity contribution is -0.146. The molecule has 3 rings (SSSR count). The van der Waals surface area contributed by atoms with Crippen molar-refractivity contribution < 1.29 is 24.3 Å². The zero-order valence-electron chi connectivity index (χ0n) is 15.5. The van der Waals surface area contributed by atoms with Crippen LogP contribution in [0.25, 0.3) is 0 Å². The van der Waals surface area contributed by atoms with Gasteiger partial charge < -0.3 is 20.9 Å². The van der Waals surface area contributed by atoms with Crippen LogP contribution in [0.1, 0.15) is 49.3 Å². The molecule has 0 aromatic heterocycles. The molecule has 2 aliphatic rings. The third-order valence-corrected chi connectivity index (χ3v) is 6.24. The van der Waals surface area contributed by atoms with Gasteiger partial charge in [-0.25, -0.2) is 4.39 Å². The van der Waals surface area contributed by atoms with Gasteiger partial charge in [0.25, 0.3) is 0 Å². The number of aryl methyl sites for hydroxylation is 1. The summed E-state index contributed by atoms with van der Waals surface area (Å²) < 4.78 is 13.4. The molecule has 0 amide bonds. The van der Waals surface area contributed by atoms with Crippen LogP contribution in [0.5, 0.6) is 0 Å².